The third-order valence-electron chi connectivity index (χ3n) is 3.21. The van der Waals surface area contributed by atoms with Crippen LogP contribution in [0.5, 0.6) is 0 Å². The van der Waals surface area contributed by atoms with Gasteiger partial charge in [0.15, 0.2) is 11.2 Å². The third kappa shape index (κ3) is 2.20. The van der Waals surface area contributed by atoms with E-state index in [1.165, 1.54) is 17.9 Å². The average Bonchev–Trinajstić information content (AvgIpc) is 3.12. The maximum absolute atomic E-state index is 12.0. The van der Waals surface area contributed by atoms with Crippen LogP contribution in [0.4, 0.5) is 5.95 Å². The SMILES string of the molecule is Cn1c(=O)c2[nH]c(NCCc3ncn[nH]3)nc2n(C)c1=O. The van der Waals surface area contributed by atoms with Gasteiger partial charge in [0.25, 0.3) is 5.56 Å². The van der Waals surface area contributed by atoms with Gasteiger partial charge in [-0.3, -0.25) is 19.0 Å². The highest BCUT2D eigenvalue weighted by molar-refractivity contribution is 5.72. The summed E-state index contributed by atoms with van der Waals surface area (Å²) in [7, 11) is 3.01. The number of nitrogens with one attached hydrogen (secondary N) is 3. The molecule has 0 unspecified atom stereocenters. The molecule has 3 rings (SSSR count). The zero-order valence-electron chi connectivity index (χ0n) is 11.5. The Morgan fingerprint density at radius 2 is 2.10 bits per heavy atom. The first-order valence-corrected chi connectivity index (χ1v) is 6.32. The lowest BCUT2D eigenvalue weighted by Gasteiger charge is -2.00. The van der Waals surface area contributed by atoms with Crippen LogP contribution in [-0.4, -0.2) is 40.8 Å². The summed E-state index contributed by atoms with van der Waals surface area (Å²) in [6, 6.07) is 0. The Labute approximate surface area is 117 Å². The smallest absolute Gasteiger partial charge is 0.332 e. The number of imidazole rings is 1. The molecule has 0 aliphatic carbocycles. The summed E-state index contributed by atoms with van der Waals surface area (Å²) in [5.41, 5.74) is -0.192. The molecule has 0 saturated heterocycles. The van der Waals surface area contributed by atoms with E-state index in [1.807, 2.05) is 0 Å². The van der Waals surface area contributed by atoms with E-state index in [9.17, 15) is 9.59 Å². The van der Waals surface area contributed by atoms with Gasteiger partial charge >= 0.3 is 5.69 Å². The molecule has 10 nitrogen and oxygen atoms in total. The second-order valence-corrected chi connectivity index (χ2v) is 4.60. The zero-order valence-corrected chi connectivity index (χ0v) is 11.5. The molecule has 0 aromatic carbocycles. The van der Waals surface area contributed by atoms with Crippen LogP contribution in [0, 0.1) is 0 Å². The fraction of sp³-hybridized carbons (Fsp3) is 0.364. The number of anilines is 1. The maximum atomic E-state index is 12.0. The van der Waals surface area contributed by atoms with Crippen molar-refractivity contribution in [3.05, 3.63) is 33.0 Å². The van der Waals surface area contributed by atoms with Gasteiger partial charge in [0.1, 0.15) is 12.2 Å². The number of H-pyrrole nitrogens is 2. The van der Waals surface area contributed by atoms with E-state index in [-0.39, 0.29) is 0 Å². The lowest BCUT2D eigenvalue weighted by atomic mass is 10.4. The minimum absolute atomic E-state index is 0.293. The van der Waals surface area contributed by atoms with Gasteiger partial charge in [0, 0.05) is 27.1 Å². The van der Waals surface area contributed by atoms with Crippen LogP contribution in [0.15, 0.2) is 15.9 Å². The van der Waals surface area contributed by atoms with Crippen molar-refractivity contribution < 1.29 is 0 Å². The van der Waals surface area contributed by atoms with E-state index in [0.29, 0.717) is 30.1 Å². The van der Waals surface area contributed by atoms with Crippen molar-refractivity contribution in [2.75, 3.05) is 11.9 Å². The summed E-state index contributed by atoms with van der Waals surface area (Å²) in [6.45, 7) is 0.559. The summed E-state index contributed by atoms with van der Waals surface area (Å²) in [6.07, 6.45) is 2.07. The number of aryl methyl sites for hydroxylation is 1. The second kappa shape index (κ2) is 4.89. The van der Waals surface area contributed by atoms with Gasteiger partial charge < -0.3 is 10.3 Å². The lowest BCUT2D eigenvalue weighted by Crippen LogP contribution is -2.36. The predicted octanol–water partition coefficient (Wildman–Crippen LogP) is -1.27. The van der Waals surface area contributed by atoms with Gasteiger partial charge in [0.2, 0.25) is 5.95 Å². The normalized spacial score (nSPS) is 11.1. The van der Waals surface area contributed by atoms with Crippen molar-refractivity contribution in [3.8, 4) is 0 Å². The van der Waals surface area contributed by atoms with Crippen molar-refractivity contribution in [1.29, 1.82) is 0 Å². The molecule has 0 aliphatic rings. The first-order valence-electron chi connectivity index (χ1n) is 6.32. The van der Waals surface area contributed by atoms with Crippen LogP contribution in [0.2, 0.25) is 0 Å². The van der Waals surface area contributed by atoms with Crippen molar-refractivity contribution in [3.63, 3.8) is 0 Å². The Balaban J connectivity index is 1.88. The van der Waals surface area contributed by atoms with E-state index in [4.69, 9.17) is 0 Å². The second-order valence-electron chi connectivity index (χ2n) is 4.60. The molecule has 0 radical (unpaired) electrons. The van der Waals surface area contributed by atoms with E-state index >= 15 is 0 Å². The number of aromatic amines is 2. The van der Waals surface area contributed by atoms with Crippen LogP contribution in [0.25, 0.3) is 11.2 Å². The van der Waals surface area contributed by atoms with Crippen molar-refractivity contribution in [2.45, 2.75) is 6.42 Å². The Bertz CT molecular complexity index is 885. The van der Waals surface area contributed by atoms with Crippen LogP contribution in [0.3, 0.4) is 0 Å². The fourth-order valence-electron chi connectivity index (χ4n) is 2.06. The highest BCUT2D eigenvalue weighted by Crippen LogP contribution is 2.08. The molecular weight excluding hydrogens is 276 g/mol. The Morgan fingerprint density at radius 3 is 2.81 bits per heavy atom. The topological polar surface area (TPSA) is 126 Å². The summed E-state index contributed by atoms with van der Waals surface area (Å²) < 4.78 is 2.37. The van der Waals surface area contributed by atoms with Gasteiger partial charge in [0.05, 0.1) is 0 Å². The summed E-state index contributed by atoms with van der Waals surface area (Å²) >= 11 is 0. The quantitative estimate of drug-likeness (QED) is 0.550. The van der Waals surface area contributed by atoms with Crippen LogP contribution < -0.4 is 16.6 Å². The average molecular weight is 290 g/mol. The molecule has 0 bridgehead atoms. The molecule has 0 amide bonds. The maximum Gasteiger partial charge on any atom is 0.332 e. The van der Waals surface area contributed by atoms with Crippen LogP contribution >= 0.6 is 0 Å². The zero-order chi connectivity index (χ0) is 15.0. The number of hydrogen-bond donors (Lipinski definition) is 3. The number of nitrogens with zero attached hydrogens (tertiary/aromatic N) is 5. The van der Waals surface area contributed by atoms with E-state index in [2.05, 4.69) is 30.5 Å². The number of hydrogen-bond acceptors (Lipinski definition) is 6. The number of fused-ring (bicyclic) bond motifs is 1. The Kier molecular flexibility index (Phi) is 3.05. The lowest BCUT2D eigenvalue weighted by molar-refractivity contribution is 0.709. The minimum Gasteiger partial charge on any atom is -0.355 e. The molecular formula is C11H14N8O2. The molecule has 0 spiro atoms. The van der Waals surface area contributed by atoms with E-state index < -0.39 is 11.2 Å². The van der Waals surface area contributed by atoms with Crippen LogP contribution in [-0.2, 0) is 20.5 Å². The minimum atomic E-state index is -0.410. The third-order valence-corrected chi connectivity index (χ3v) is 3.21. The molecule has 0 aliphatic heterocycles. The van der Waals surface area contributed by atoms with Crippen molar-refractivity contribution in [2.24, 2.45) is 14.1 Å². The molecule has 0 fully saturated rings. The van der Waals surface area contributed by atoms with Gasteiger partial charge in [-0.1, -0.05) is 0 Å². The van der Waals surface area contributed by atoms with E-state index in [0.717, 1.165) is 10.4 Å². The standard InChI is InChI=1S/C11H14N8O2/c1-18-8-7(9(20)19(2)11(18)21)15-10(16-8)12-4-3-6-13-5-14-17-6/h5H,3-4H2,1-2H3,(H2,12,15,16)(H,13,14,17). The molecule has 3 N–H and O–H groups in total. The fourth-order valence-corrected chi connectivity index (χ4v) is 2.06. The first-order chi connectivity index (χ1) is 10.1. The first kappa shape index (κ1) is 13.1. The molecule has 3 aromatic rings. The molecule has 3 heterocycles. The van der Waals surface area contributed by atoms with Crippen molar-refractivity contribution in [1.82, 2.24) is 34.3 Å². The van der Waals surface area contributed by atoms with Gasteiger partial charge in [-0.25, -0.2) is 9.78 Å². The van der Waals surface area contributed by atoms with Gasteiger partial charge in [-0.05, 0) is 0 Å². The summed E-state index contributed by atoms with van der Waals surface area (Å²) in [4.78, 5) is 34.9. The largest absolute Gasteiger partial charge is 0.355 e. The summed E-state index contributed by atoms with van der Waals surface area (Å²) in [5.74, 6) is 1.18. The molecule has 3 aromatic heterocycles. The van der Waals surface area contributed by atoms with Crippen LogP contribution in [0.1, 0.15) is 5.82 Å². The van der Waals surface area contributed by atoms with Gasteiger partial charge in [-0.15, -0.1) is 0 Å². The highest BCUT2D eigenvalue weighted by atomic mass is 16.2. The summed E-state index contributed by atoms with van der Waals surface area (Å²) in [5, 5.41) is 9.56. The molecule has 10 heteroatoms. The highest BCUT2D eigenvalue weighted by Gasteiger charge is 2.13. The van der Waals surface area contributed by atoms with E-state index in [1.54, 1.807) is 7.05 Å². The van der Waals surface area contributed by atoms with Gasteiger partial charge in [-0.2, -0.15) is 10.1 Å². The molecule has 0 saturated carbocycles. The monoisotopic (exact) mass is 290 g/mol. The molecule has 21 heavy (non-hydrogen) atoms. The Hall–Kier alpha value is -2.91. The van der Waals surface area contributed by atoms with Crippen molar-refractivity contribution >= 4 is 17.1 Å². The molecule has 0 atom stereocenters. The molecule has 110 valence electrons. The predicted molar refractivity (Wildman–Crippen MR) is 75.2 cm³/mol. The number of rotatable bonds is 4. The Morgan fingerprint density at radius 1 is 1.29 bits per heavy atom. The number of aromatic nitrogens is 7.